The Balaban J connectivity index is 1.95. The average Bonchev–Trinajstić information content (AvgIpc) is 2.71. The zero-order valence-corrected chi connectivity index (χ0v) is 17.3. The predicted octanol–water partition coefficient (Wildman–Crippen LogP) is 5.72. The second-order valence-corrected chi connectivity index (χ2v) is 9.35. The highest BCUT2D eigenvalue weighted by molar-refractivity contribution is 14.1. The fourth-order valence-electron chi connectivity index (χ4n) is 3.16. The van der Waals surface area contributed by atoms with E-state index in [1.165, 1.54) is 30.6 Å². The van der Waals surface area contributed by atoms with Crippen LogP contribution in [0.25, 0.3) is 11.1 Å². The van der Waals surface area contributed by atoms with Gasteiger partial charge in [-0.2, -0.15) is 0 Å². The molecule has 0 N–H and O–H groups in total. The number of rotatable bonds is 4. The Bertz CT molecular complexity index is 957. The molecular weight excluding hydrogens is 446 g/mol. The molecule has 0 atom stereocenters. The topological polar surface area (TPSA) is 0 Å². The van der Waals surface area contributed by atoms with Gasteiger partial charge in [0.05, 0.1) is 0 Å². The van der Waals surface area contributed by atoms with E-state index in [1.807, 2.05) is 0 Å². The van der Waals surface area contributed by atoms with E-state index in [1.54, 1.807) is 0 Å². The molecule has 2 heteroatoms. The third-order valence-corrected chi connectivity index (χ3v) is 7.78. The summed E-state index contributed by atoms with van der Waals surface area (Å²) in [7, 11) is -0.606. The summed E-state index contributed by atoms with van der Waals surface area (Å²) in [5, 5.41) is 4.17. The van der Waals surface area contributed by atoms with Gasteiger partial charge in [-0.05, 0) is 63.6 Å². The molecule has 0 aliphatic carbocycles. The van der Waals surface area contributed by atoms with E-state index in [0.717, 1.165) is 0 Å². The summed E-state index contributed by atoms with van der Waals surface area (Å²) in [5.74, 6) is 0. The van der Waals surface area contributed by atoms with Crippen LogP contribution in [0.2, 0.25) is 0 Å². The fourth-order valence-corrected chi connectivity index (χ4v) is 6.30. The number of hydrogen-bond donors (Lipinski definition) is 0. The van der Waals surface area contributed by atoms with E-state index >= 15 is 0 Å². The van der Waals surface area contributed by atoms with Crippen molar-refractivity contribution in [1.82, 2.24) is 0 Å². The Morgan fingerprint density at radius 3 is 1.50 bits per heavy atom. The molecule has 0 aromatic heterocycles. The molecule has 126 valence electrons. The van der Waals surface area contributed by atoms with Crippen LogP contribution >= 0.6 is 30.5 Å². The Hall–Kier alpha value is -1.96. The minimum absolute atomic E-state index is 0.606. The summed E-state index contributed by atoms with van der Waals surface area (Å²) in [5.41, 5.74) is 2.64. The molecule has 0 radical (unpaired) electrons. The van der Waals surface area contributed by atoms with Crippen LogP contribution in [0.3, 0.4) is 0 Å². The van der Waals surface area contributed by atoms with Crippen LogP contribution in [0.1, 0.15) is 0 Å². The first kappa shape index (κ1) is 17.5. The molecule has 0 aliphatic rings. The lowest BCUT2D eigenvalue weighted by Gasteiger charge is -2.22. The quantitative estimate of drug-likeness (QED) is 0.268. The predicted molar refractivity (Wildman–Crippen MR) is 123 cm³/mol. The van der Waals surface area contributed by atoms with Gasteiger partial charge >= 0.3 is 0 Å². The standard InChI is InChI=1S/C24H18IP/c25-23-17-9-7-15-21(23)22-16-8-10-18-24(22)26(19-11-3-1-4-12-19)20-13-5-2-6-14-20/h1-18H. The molecule has 0 unspecified atom stereocenters. The fraction of sp³-hybridized carbons (Fsp3) is 0. The molecule has 0 nitrogen and oxygen atoms in total. The first-order chi connectivity index (χ1) is 12.8. The molecule has 0 saturated heterocycles. The summed E-state index contributed by atoms with van der Waals surface area (Å²) in [6.45, 7) is 0. The Morgan fingerprint density at radius 2 is 0.923 bits per heavy atom. The van der Waals surface area contributed by atoms with Crippen LogP contribution in [-0.2, 0) is 0 Å². The maximum Gasteiger partial charge on any atom is 0.0209 e. The summed E-state index contributed by atoms with van der Waals surface area (Å²) in [6.07, 6.45) is 0. The largest absolute Gasteiger partial charge is 0.0622 e. The lowest BCUT2D eigenvalue weighted by Crippen LogP contribution is -2.22. The van der Waals surface area contributed by atoms with Gasteiger partial charge in [0, 0.05) is 3.57 Å². The molecule has 0 spiro atoms. The summed E-state index contributed by atoms with van der Waals surface area (Å²) >= 11 is 2.44. The van der Waals surface area contributed by atoms with Crippen molar-refractivity contribution >= 4 is 46.4 Å². The summed E-state index contributed by atoms with van der Waals surface area (Å²) in [6, 6.07) is 39.3. The average molecular weight is 464 g/mol. The highest BCUT2D eigenvalue weighted by Crippen LogP contribution is 2.37. The van der Waals surface area contributed by atoms with Crippen molar-refractivity contribution in [3.8, 4) is 11.1 Å². The lowest BCUT2D eigenvalue weighted by molar-refractivity contribution is 1.60. The van der Waals surface area contributed by atoms with Crippen molar-refractivity contribution in [1.29, 1.82) is 0 Å². The zero-order chi connectivity index (χ0) is 17.8. The maximum absolute atomic E-state index is 2.44. The molecule has 0 bridgehead atoms. The van der Waals surface area contributed by atoms with E-state index in [4.69, 9.17) is 0 Å². The lowest BCUT2D eigenvalue weighted by atomic mass is 10.1. The molecule has 0 aliphatic heterocycles. The van der Waals surface area contributed by atoms with E-state index in [-0.39, 0.29) is 0 Å². The van der Waals surface area contributed by atoms with Crippen molar-refractivity contribution in [2.45, 2.75) is 0 Å². The monoisotopic (exact) mass is 464 g/mol. The van der Waals surface area contributed by atoms with E-state index in [0.29, 0.717) is 0 Å². The normalized spacial score (nSPS) is 10.8. The summed E-state index contributed by atoms with van der Waals surface area (Å²) in [4.78, 5) is 0. The third kappa shape index (κ3) is 3.60. The van der Waals surface area contributed by atoms with Crippen molar-refractivity contribution in [2.24, 2.45) is 0 Å². The number of halogens is 1. The van der Waals surface area contributed by atoms with Crippen LogP contribution in [-0.4, -0.2) is 0 Å². The van der Waals surface area contributed by atoms with Gasteiger partial charge in [0.15, 0.2) is 0 Å². The van der Waals surface area contributed by atoms with Crippen molar-refractivity contribution < 1.29 is 0 Å². The molecule has 4 rings (SSSR count). The first-order valence-electron chi connectivity index (χ1n) is 8.59. The molecule has 0 saturated carbocycles. The second kappa shape index (κ2) is 8.16. The van der Waals surface area contributed by atoms with Gasteiger partial charge in [0.25, 0.3) is 0 Å². The minimum Gasteiger partial charge on any atom is -0.0622 e. The third-order valence-electron chi connectivity index (χ3n) is 4.34. The van der Waals surface area contributed by atoms with Gasteiger partial charge in [-0.15, -0.1) is 0 Å². The Labute approximate surface area is 169 Å². The SMILES string of the molecule is Ic1ccccc1-c1ccccc1P(c1ccccc1)c1ccccc1. The molecule has 4 aromatic carbocycles. The number of benzene rings is 4. The van der Waals surface area contributed by atoms with Crippen molar-refractivity contribution in [3.63, 3.8) is 0 Å². The molecule has 4 aromatic rings. The van der Waals surface area contributed by atoms with Crippen molar-refractivity contribution in [3.05, 3.63) is 113 Å². The van der Waals surface area contributed by atoms with Gasteiger partial charge in [-0.1, -0.05) is 103 Å². The second-order valence-electron chi connectivity index (χ2n) is 6.00. The maximum atomic E-state index is 2.44. The van der Waals surface area contributed by atoms with Crippen LogP contribution in [0.4, 0.5) is 0 Å². The molecule has 0 amide bonds. The number of hydrogen-bond acceptors (Lipinski definition) is 0. The van der Waals surface area contributed by atoms with E-state index in [2.05, 4.69) is 132 Å². The van der Waals surface area contributed by atoms with Crippen LogP contribution in [0.5, 0.6) is 0 Å². The molecular formula is C24H18IP. The van der Waals surface area contributed by atoms with Crippen LogP contribution < -0.4 is 15.9 Å². The molecule has 0 fully saturated rings. The van der Waals surface area contributed by atoms with Crippen molar-refractivity contribution in [2.75, 3.05) is 0 Å². The van der Waals surface area contributed by atoms with Gasteiger partial charge in [0.2, 0.25) is 0 Å². The van der Waals surface area contributed by atoms with Gasteiger partial charge < -0.3 is 0 Å². The highest BCUT2D eigenvalue weighted by atomic mass is 127. The minimum atomic E-state index is -0.606. The highest BCUT2D eigenvalue weighted by Gasteiger charge is 2.20. The molecule has 26 heavy (non-hydrogen) atoms. The van der Waals surface area contributed by atoms with Crippen LogP contribution in [0, 0.1) is 3.57 Å². The first-order valence-corrected chi connectivity index (χ1v) is 11.0. The van der Waals surface area contributed by atoms with Gasteiger partial charge in [0.1, 0.15) is 0 Å². The Morgan fingerprint density at radius 1 is 0.462 bits per heavy atom. The summed E-state index contributed by atoms with van der Waals surface area (Å²) < 4.78 is 1.29. The van der Waals surface area contributed by atoms with E-state index < -0.39 is 7.92 Å². The van der Waals surface area contributed by atoms with E-state index in [9.17, 15) is 0 Å². The smallest absolute Gasteiger partial charge is 0.0209 e. The zero-order valence-electron chi connectivity index (χ0n) is 14.2. The van der Waals surface area contributed by atoms with Gasteiger partial charge in [-0.25, -0.2) is 0 Å². The van der Waals surface area contributed by atoms with Crippen LogP contribution in [0.15, 0.2) is 109 Å². The Kier molecular flexibility index (Phi) is 5.48. The molecule has 0 heterocycles. The van der Waals surface area contributed by atoms with Gasteiger partial charge in [-0.3, -0.25) is 0 Å².